The molecule has 1 aromatic carbocycles. The molecule has 0 radical (unpaired) electrons. The van der Waals surface area contributed by atoms with E-state index in [1.54, 1.807) is 0 Å². The van der Waals surface area contributed by atoms with Gasteiger partial charge in [0.05, 0.1) is 5.92 Å². The van der Waals surface area contributed by atoms with E-state index in [4.69, 9.17) is 9.47 Å². The van der Waals surface area contributed by atoms with Gasteiger partial charge in [-0.1, -0.05) is 19.9 Å². The average molecular weight is 318 g/mol. The van der Waals surface area contributed by atoms with Gasteiger partial charge in [-0.25, -0.2) is 0 Å². The number of rotatable bonds is 4. The standard InChI is InChI=1S/C18H26N2O3/c1-18(2,12-20-17(21)13-4-3-7-19-11-13)14-5-6-15-16(10-14)23-9-8-22-15/h5-6,10,13,19H,3-4,7-9,11-12H2,1-2H3,(H,20,21). The van der Waals surface area contributed by atoms with E-state index in [1.165, 1.54) is 0 Å². The van der Waals surface area contributed by atoms with Crippen LogP contribution < -0.4 is 20.1 Å². The molecular formula is C18H26N2O3. The highest BCUT2D eigenvalue weighted by molar-refractivity contribution is 5.79. The molecule has 2 heterocycles. The van der Waals surface area contributed by atoms with E-state index in [0.717, 1.165) is 43.0 Å². The molecule has 0 aromatic heterocycles. The van der Waals surface area contributed by atoms with Gasteiger partial charge in [-0.05, 0) is 37.1 Å². The quantitative estimate of drug-likeness (QED) is 0.889. The number of hydrogen-bond acceptors (Lipinski definition) is 4. The second-order valence-electron chi connectivity index (χ2n) is 7.00. The molecule has 23 heavy (non-hydrogen) atoms. The Morgan fingerprint density at radius 1 is 1.30 bits per heavy atom. The fourth-order valence-electron chi connectivity index (χ4n) is 3.09. The smallest absolute Gasteiger partial charge is 0.224 e. The zero-order chi connectivity index (χ0) is 16.3. The molecule has 2 aliphatic heterocycles. The zero-order valence-electron chi connectivity index (χ0n) is 14.0. The Labute approximate surface area is 137 Å². The van der Waals surface area contributed by atoms with Gasteiger partial charge in [0.2, 0.25) is 5.91 Å². The Kier molecular flexibility index (Phi) is 4.76. The maximum Gasteiger partial charge on any atom is 0.224 e. The Hall–Kier alpha value is -1.75. The molecule has 1 aromatic rings. The van der Waals surface area contributed by atoms with E-state index in [1.807, 2.05) is 12.1 Å². The number of carbonyl (C=O) groups excluding carboxylic acids is 1. The summed E-state index contributed by atoms with van der Waals surface area (Å²) in [6.07, 6.45) is 2.05. The van der Waals surface area contributed by atoms with Crippen LogP contribution in [0.2, 0.25) is 0 Å². The molecule has 126 valence electrons. The number of amides is 1. The molecule has 0 saturated carbocycles. The van der Waals surface area contributed by atoms with Crippen molar-refractivity contribution in [3.8, 4) is 11.5 Å². The second-order valence-corrected chi connectivity index (χ2v) is 7.00. The van der Waals surface area contributed by atoms with Gasteiger partial charge in [0.1, 0.15) is 13.2 Å². The minimum absolute atomic E-state index is 0.0971. The highest BCUT2D eigenvalue weighted by Gasteiger charge is 2.26. The van der Waals surface area contributed by atoms with Crippen molar-refractivity contribution in [1.82, 2.24) is 10.6 Å². The number of nitrogens with one attached hydrogen (secondary N) is 2. The fourth-order valence-corrected chi connectivity index (χ4v) is 3.09. The summed E-state index contributed by atoms with van der Waals surface area (Å²) >= 11 is 0. The molecular weight excluding hydrogens is 292 g/mol. The van der Waals surface area contributed by atoms with Crippen molar-refractivity contribution in [3.05, 3.63) is 23.8 Å². The molecule has 2 aliphatic rings. The summed E-state index contributed by atoms with van der Waals surface area (Å²) in [5.41, 5.74) is 0.983. The maximum atomic E-state index is 12.3. The predicted octanol–water partition coefficient (Wildman–Crippen LogP) is 1.85. The van der Waals surface area contributed by atoms with Crippen molar-refractivity contribution in [2.24, 2.45) is 5.92 Å². The van der Waals surface area contributed by atoms with Gasteiger partial charge in [-0.3, -0.25) is 4.79 Å². The van der Waals surface area contributed by atoms with Crippen LogP contribution in [0.5, 0.6) is 11.5 Å². The third kappa shape index (κ3) is 3.78. The third-order valence-corrected chi connectivity index (χ3v) is 4.70. The first-order valence-electron chi connectivity index (χ1n) is 8.45. The summed E-state index contributed by atoms with van der Waals surface area (Å²) in [6, 6.07) is 6.04. The van der Waals surface area contributed by atoms with E-state index in [-0.39, 0.29) is 17.2 Å². The third-order valence-electron chi connectivity index (χ3n) is 4.70. The first-order chi connectivity index (χ1) is 11.1. The Bertz CT molecular complexity index is 565. The summed E-state index contributed by atoms with van der Waals surface area (Å²) < 4.78 is 11.2. The highest BCUT2D eigenvalue weighted by atomic mass is 16.6. The summed E-state index contributed by atoms with van der Waals surface area (Å²) in [4.78, 5) is 12.3. The van der Waals surface area contributed by atoms with Crippen LogP contribution in [0.3, 0.4) is 0 Å². The number of fused-ring (bicyclic) bond motifs is 1. The molecule has 5 heteroatoms. The van der Waals surface area contributed by atoms with Crippen LogP contribution in [0.1, 0.15) is 32.3 Å². The van der Waals surface area contributed by atoms with Crippen molar-refractivity contribution in [3.63, 3.8) is 0 Å². The topological polar surface area (TPSA) is 59.6 Å². The van der Waals surface area contributed by atoms with Gasteiger partial charge in [-0.15, -0.1) is 0 Å². The lowest BCUT2D eigenvalue weighted by Gasteiger charge is -2.29. The van der Waals surface area contributed by atoms with Crippen molar-refractivity contribution in [1.29, 1.82) is 0 Å². The minimum Gasteiger partial charge on any atom is -0.486 e. The molecule has 1 atom stereocenters. The van der Waals surface area contributed by atoms with Crippen LogP contribution in [0.15, 0.2) is 18.2 Å². The van der Waals surface area contributed by atoms with E-state index < -0.39 is 0 Å². The van der Waals surface area contributed by atoms with E-state index in [9.17, 15) is 4.79 Å². The van der Waals surface area contributed by atoms with E-state index in [2.05, 4.69) is 30.5 Å². The van der Waals surface area contributed by atoms with Crippen LogP contribution in [-0.4, -0.2) is 38.8 Å². The van der Waals surface area contributed by atoms with Crippen LogP contribution in [-0.2, 0) is 10.2 Å². The molecule has 1 fully saturated rings. The monoisotopic (exact) mass is 318 g/mol. The van der Waals surface area contributed by atoms with Crippen LogP contribution in [0, 0.1) is 5.92 Å². The summed E-state index contributed by atoms with van der Waals surface area (Å²) in [5.74, 6) is 1.85. The van der Waals surface area contributed by atoms with E-state index in [0.29, 0.717) is 19.8 Å². The van der Waals surface area contributed by atoms with E-state index >= 15 is 0 Å². The summed E-state index contributed by atoms with van der Waals surface area (Å²) in [7, 11) is 0. The zero-order valence-corrected chi connectivity index (χ0v) is 14.0. The first kappa shape index (κ1) is 16.1. The number of piperidine rings is 1. The lowest BCUT2D eigenvalue weighted by molar-refractivity contribution is -0.125. The Morgan fingerprint density at radius 3 is 2.83 bits per heavy atom. The molecule has 2 N–H and O–H groups in total. The molecule has 3 rings (SSSR count). The van der Waals surface area contributed by atoms with Gasteiger partial charge < -0.3 is 20.1 Å². The largest absolute Gasteiger partial charge is 0.486 e. The molecule has 0 aliphatic carbocycles. The predicted molar refractivity (Wildman–Crippen MR) is 89.1 cm³/mol. The van der Waals surface area contributed by atoms with Gasteiger partial charge in [-0.2, -0.15) is 0 Å². The fraction of sp³-hybridized carbons (Fsp3) is 0.611. The molecule has 1 unspecified atom stereocenters. The minimum atomic E-state index is -0.159. The van der Waals surface area contributed by atoms with Crippen molar-refractivity contribution in [2.45, 2.75) is 32.1 Å². The van der Waals surface area contributed by atoms with Gasteiger partial charge in [0.25, 0.3) is 0 Å². The molecule has 5 nitrogen and oxygen atoms in total. The lowest BCUT2D eigenvalue weighted by Crippen LogP contribution is -2.44. The highest BCUT2D eigenvalue weighted by Crippen LogP contribution is 2.34. The maximum absolute atomic E-state index is 12.3. The number of ether oxygens (including phenoxy) is 2. The first-order valence-corrected chi connectivity index (χ1v) is 8.45. The van der Waals surface area contributed by atoms with Crippen LogP contribution in [0.4, 0.5) is 0 Å². The number of hydrogen-bond donors (Lipinski definition) is 2. The number of carbonyl (C=O) groups is 1. The van der Waals surface area contributed by atoms with Gasteiger partial charge in [0, 0.05) is 18.5 Å². The van der Waals surface area contributed by atoms with Gasteiger partial charge in [0.15, 0.2) is 11.5 Å². The average Bonchev–Trinajstić information content (AvgIpc) is 2.60. The molecule has 1 saturated heterocycles. The van der Waals surface area contributed by atoms with Crippen LogP contribution in [0.25, 0.3) is 0 Å². The van der Waals surface area contributed by atoms with Crippen LogP contribution >= 0.6 is 0 Å². The summed E-state index contributed by atoms with van der Waals surface area (Å²) in [5, 5.41) is 6.41. The van der Waals surface area contributed by atoms with Crippen molar-refractivity contribution < 1.29 is 14.3 Å². The van der Waals surface area contributed by atoms with Crippen molar-refractivity contribution in [2.75, 3.05) is 32.8 Å². The molecule has 1 amide bonds. The SMILES string of the molecule is CC(C)(CNC(=O)C1CCCNC1)c1ccc2c(c1)OCCO2. The lowest BCUT2D eigenvalue weighted by atomic mass is 9.84. The molecule has 0 spiro atoms. The summed E-state index contributed by atoms with van der Waals surface area (Å²) in [6.45, 7) is 7.88. The Balaban J connectivity index is 1.63. The normalized spacial score (nSPS) is 20.9. The van der Waals surface area contributed by atoms with Gasteiger partial charge >= 0.3 is 0 Å². The number of benzene rings is 1. The second kappa shape index (κ2) is 6.79. The molecule has 0 bridgehead atoms. The van der Waals surface area contributed by atoms with Crippen molar-refractivity contribution >= 4 is 5.91 Å². The Morgan fingerprint density at radius 2 is 2.09 bits per heavy atom.